The number of hydrogen-bond acceptors (Lipinski definition) is 3. The molecule has 0 saturated heterocycles. The summed E-state index contributed by atoms with van der Waals surface area (Å²) >= 11 is 0. The van der Waals surface area contributed by atoms with E-state index in [4.69, 9.17) is 0 Å². The Morgan fingerprint density at radius 3 is 2.58 bits per heavy atom. The molecule has 98 valence electrons. The third kappa shape index (κ3) is 2.61. The Balaban J connectivity index is 1.77. The lowest BCUT2D eigenvalue weighted by molar-refractivity contribution is 0.709. The number of pyridine rings is 1. The van der Waals surface area contributed by atoms with Gasteiger partial charge in [0.1, 0.15) is 0 Å². The molecule has 2 heterocycles. The predicted molar refractivity (Wildman–Crippen MR) is 77.9 cm³/mol. The van der Waals surface area contributed by atoms with Crippen molar-refractivity contribution >= 4 is 5.69 Å². The molecule has 2 aromatic rings. The Hall–Kier alpha value is -1.87. The fourth-order valence-electron chi connectivity index (χ4n) is 2.53. The molecule has 0 aliphatic carbocycles. The highest BCUT2D eigenvalue weighted by Crippen LogP contribution is 2.27. The van der Waals surface area contributed by atoms with E-state index in [1.54, 1.807) is 0 Å². The van der Waals surface area contributed by atoms with Crippen LogP contribution in [0.3, 0.4) is 0 Å². The maximum atomic E-state index is 4.41. The summed E-state index contributed by atoms with van der Waals surface area (Å²) in [5.74, 6) is 0. The van der Waals surface area contributed by atoms with Gasteiger partial charge in [-0.05, 0) is 29.8 Å². The van der Waals surface area contributed by atoms with Crippen LogP contribution < -0.4 is 10.2 Å². The lowest BCUT2D eigenvalue weighted by atomic mass is 10.1. The van der Waals surface area contributed by atoms with E-state index < -0.39 is 0 Å². The lowest BCUT2D eigenvalue weighted by Crippen LogP contribution is -2.16. The first-order valence-electron chi connectivity index (χ1n) is 6.84. The minimum absolute atomic E-state index is 0.838. The van der Waals surface area contributed by atoms with E-state index in [2.05, 4.69) is 58.5 Å². The minimum Gasteiger partial charge on any atom is -0.363 e. The molecule has 1 N–H and O–H groups in total. The topological polar surface area (TPSA) is 28.2 Å². The Bertz CT molecular complexity index is 540. The molecule has 19 heavy (non-hydrogen) atoms. The van der Waals surface area contributed by atoms with Gasteiger partial charge in [0.25, 0.3) is 0 Å². The first-order chi connectivity index (χ1) is 9.36. The van der Waals surface area contributed by atoms with Crippen molar-refractivity contribution in [2.24, 2.45) is 0 Å². The number of anilines is 1. The van der Waals surface area contributed by atoms with Gasteiger partial charge in [0, 0.05) is 31.5 Å². The van der Waals surface area contributed by atoms with Gasteiger partial charge in [0.2, 0.25) is 0 Å². The molecule has 0 atom stereocenters. The van der Waals surface area contributed by atoms with Crippen LogP contribution in [0.5, 0.6) is 0 Å². The predicted octanol–water partition coefficient (Wildman–Crippen LogP) is 2.71. The third-order valence-corrected chi connectivity index (χ3v) is 3.56. The van der Waals surface area contributed by atoms with Gasteiger partial charge in [-0.1, -0.05) is 31.2 Å². The zero-order valence-electron chi connectivity index (χ0n) is 11.3. The van der Waals surface area contributed by atoms with Gasteiger partial charge in [-0.3, -0.25) is 4.98 Å². The molecule has 0 fully saturated rings. The van der Waals surface area contributed by atoms with Crippen LogP contribution in [-0.4, -0.2) is 11.5 Å². The smallest absolute Gasteiger partial charge is 0.0562 e. The maximum absolute atomic E-state index is 4.41. The number of aromatic nitrogens is 1. The van der Waals surface area contributed by atoms with Gasteiger partial charge in [-0.25, -0.2) is 0 Å². The van der Waals surface area contributed by atoms with Crippen molar-refractivity contribution in [1.82, 2.24) is 10.3 Å². The zero-order valence-corrected chi connectivity index (χ0v) is 11.3. The number of hydrogen-bond donors (Lipinski definition) is 1. The molecule has 0 bridgehead atoms. The van der Waals surface area contributed by atoms with Gasteiger partial charge < -0.3 is 10.2 Å². The molecular weight excluding hydrogens is 234 g/mol. The number of fused-ring (bicyclic) bond motifs is 1. The van der Waals surface area contributed by atoms with E-state index in [9.17, 15) is 0 Å². The number of nitrogens with zero attached hydrogens (tertiary/aromatic N) is 2. The summed E-state index contributed by atoms with van der Waals surface area (Å²) < 4.78 is 0. The van der Waals surface area contributed by atoms with Crippen LogP contribution in [0, 0.1) is 0 Å². The maximum Gasteiger partial charge on any atom is 0.0562 e. The standard InChI is InChI=1S/C16H19N3/c1-2-17-10-15-9-16(7-8-18-15)19-11-13-5-3-4-6-14(13)12-19/h3-9,17H,2,10-12H2,1H3. The SMILES string of the molecule is CCNCc1cc(N2Cc3ccccc3C2)ccn1. The molecule has 3 heteroatoms. The Kier molecular flexibility index (Phi) is 3.47. The monoisotopic (exact) mass is 253 g/mol. The summed E-state index contributed by atoms with van der Waals surface area (Å²) in [7, 11) is 0. The van der Waals surface area contributed by atoms with Crippen molar-refractivity contribution in [2.45, 2.75) is 26.6 Å². The Morgan fingerprint density at radius 2 is 1.89 bits per heavy atom. The van der Waals surface area contributed by atoms with Gasteiger partial charge in [-0.15, -0.1) is 0 Å². The largest absolute Gasteiger partial charge is 0.363 e. The van der Waals surface area contributed by atoms with Crippen molar-refractivity contribution in [2.75, 3.05) is 11.4 Å². The van der Waals surface area contributed by atoms with Crippen LogP contribution in [0.15, 0.2) is 42.6 Å². The highest BCUT2D eigenvalue weighted by Gasteiger charge is 2.18. The van der Waals surface area contributed by atoms with E-state index in [0.717, 1.165) is 31.9 Å². The lowest BCUT2D eigenvalue weighted by Gasteiger charge is -2.18. The van der Waals surface area contributed by atoms with Gasteiger partial charge in [-0.2, -0.15) is 0 Å². The highest BCUT2D eigenvalue weighted by molar-refractivity contribution is 5.51. The second-order valence-corrected chi connectivity index (χ2v) is 4.91. The van der Waals surface area contributed by atoms with Crippen molar-refractivity contribution < 1.29 is 0 Å². The summed E-state index contributed by atoms with van der Waals surface area (Å²) in [6, 6.07) is 13.0. The highest BCUT2D eigenvalue weighted by atomic mass is 15.1. The third-order valence-electron chi connectivity index (χ3n) is 3.56. The molecule has 3 rings (SSSR count). The summed E-state index contributed by atoms with van der Waals surface area (Å²) in [6.07, 6.45) is 1.91. The van der Waals surface area contributed by atoms with Crippen molar-refractivity contribution in [3.05, 3.63) is 59.4 Å². The summed E-state index contributed by atoms with van der Waals surface area (Å²) in [5, 5.41) is 3.32. The molecule has 1 aromatic carbocycles. The Morgan fingerprint density at radius 1 is 1.16 bits per heavy atom. The van der Waals surface area contributed by atoms with Crippen molar-refractivity contribution in [3.8, 4) is 0 Å². The van der Waals surface area contributed by atoms with E-state index in [1.807, 2.05) is 6.20 Å². The van der Waals surface area contributed by atoms with E-state index >= 15 is 0 Å². The average molecular weight is 253 g/mol. The van der Waals surface area contributed by atoms with Crippen LogP contribution in [0.25, 0.3) is 0 Å². The van der Waals surface area contributed by atoms with E-state index in [1.165, 1.54) is 16.8 Å². The number of nitrogens with one attached hydrogen (secondary N) is 1. The van der Waals surface area contributed by atoms with Gasteiger partial charge >= 0.3 is 0 Å². The van der Waals surface area contributed by atoms with Crippen LogP contribution in [0.2, 0.25) is 0 Å². The second kappa shape index (κ2) is 5.41. The molecule has 1 aromatic heterocycles. The van der Waals surface area contributed by atoms with Crippen molar-refractivity contribution in [3.63, 3.8) is 0 Å². The van der Waals surface area contributed by atoms with Gasteiger partial charge in [0.05, 0.1) is 5.69 Å². The van der Waals surface area contributed by atoms with Crippen molar-refractivity contribution in [1.29, 1.82) is 0 Å². The molecule has 1 aliphatic rings. The van der Waals surface area contributed by atoms with Gasteiger partial charge in [0.15, 0.2) is 0 Å². The molecule has 1 aliphatic heterocycles. The molecule has 3 nitrogen and oxygen atoms in total. The molecular formula is C16H19N3. The van der Waals surface area contributed by atoms with Crippen LogP contribution >= 0.6 is 0 Å². The normalized spacial score (nSPS) is 13.6. The minimum atomic E-state index is 0.838. The first-order valence-corrected chi connectivity index (χ1v) is 6.84. The number of benzene rings is 1. The molecule has 0 spiro atoms. The zero-order chi connectivity index (χ0) is 13.1. The summed E-state index contributed by atoms with van der Waals surface area (Å²) in [5.41, 5.74) is 5.24. The van der Waals surface area contributed by atoms with Crippen LogP contribution in [0.4, 0.5) is 5.69 Å². The Labute approximate surface area is 114 Å². The summed E-state index contributed by atoms with van der Waals surface area (Å²) in [6.45, 7) is 5.93. The molecule has 0 saturated carbocycles. The molecule has 0 unspecified atom stereocenters. The quantitative estimate of drug-likeness (QED) is 0.908. The fourth-order valence-corrected chi connectivity index (χ4v) is 2.53. The average Bonchev–Trinajstić information content (AvgIpc) is 2.89. The second-order valence-electron chi connectivity index (χ2n) is 4.91. The van der Waals surface area contributed by atoms with E-state index in [0.29, 0.717) is 0 Å². The molecule has 0 radical (unpaired) electrons. The van der Waals surface area contributed by atoms with E-state index in [-0.39, 0.29) is 0 Å². The first kappa shape index (κ1) is 12.2. The summed E-state index contributed by atoms with van der Waals surface area (Å²) in [4.78, 5) is 6.81. The molecule has 0 amide bonds. The fraction of sp³-hybridized carbons (Fsp3) is 0.312. The van der Waals surface area contributed by atoms with Crippen LogP contribution in [0.1, 0.15) is 23.7 Å². The van der Waals surface area contributed by atoms with Crippen LogP contribution in [-0.2, 0) is 19.6 Å². The number of rotatable bonds is 4.